The third-order valence-electron chi connectivity index (χ3n) is 4.20. The van der Waals surface area contributed by atoms with Gasteiger partial charge in [-0.15, -0.1) is 5.10 Å². The number of benzene rings is 2. The minimum Gasteiger partial charge on any atom is -0.497 e. The van der Waals surface area contributed by atoms with Gasteiger partial charge in [-0.05, 0) is 24.3 Å². The number of nitrogens with zero attached hydrogens (tertiary/aromatic N) is 6. The molecular weight excluding hydrogens is 378 g/mol. The van der Waals surface area contributed by atoms with Crippen molar-refractivity contribution in [3.05, 3.63) is 58.9 Å². The molecule has 4 rings (SSSR count). The van der Waals surface area contributed by atoms with Gasteiger partial charge in [0, 0.05) is 6.07 Å². The van der Waals surface area contributed by atoms with Crippen LogP contribution in [0.25, 0.3) is 16.9 Å². The van der Waals surface area contributed by atoms with Gasteiger partial charge in [-0.25, -0.2) is 9.97 Å². The molecule has 0 aliphatic carbocycles. The molecule has 11 nitrogen and oxygen atoms in total. The molecular formula is C18H15N7O4. The fraction of sp³-hybridized carbons (Fsp3) is 0.111. The molecule has 29 heavy (non-hydrogen) atoms. The molecule has 0 spiro atoms. The van der Waals surface area contributed by atoms with Gasteiger partial charge in [0.15, 0.2) is 0 Å². The predicted molar refractivity (Wildman–Crippen MR) is 104 cm³/mol. The van der Waals surface area contributed by atoms with Gasteiger partial charge in [-0.1, -0.05) is 17.3 Å². The van der Waals surface area contributed by atoms with E-state index in [9.17, 15) is 10.1 Å². The third-order valence-corrected chi connectivity index (χ3v) is 4.20. The first-order valence-corrected chi connectivity index (χ1v) is 8.41. The van der Waals surface area contributed by atoms with Crippen LogP contribution in [0.1, 0.15) is 0 Å². The maximum atomic E-state index is 11.9. The molecule has 0 unspecified atom stereocenters. The molecule has 2 aromatic carbocycles. The summed E-state index contributed by atoms with van der Waals surface area (Å²) in [6, 6.07) is 12.1. The van der Waals surface area contributed by atoms with Crippen molar-refractivity contribution >= 4 is 28.2 Å². The number of fused-ring (bicyclic) bond motifs is 1. The van der Waals surface area contributed by atoms with E-state index in [0.29, 0.717) is 28.2 Å². The van der Waals surface area contributed by atoms with Gasteiger partial charge >= 0.3 is 5.69 Å². The quantitative estimate of drug-likeness (QED) is 0.388. The van der Waals surface area contributed by atoms with Crippen LogP contribution in [-0.2, 0) is 0 Å². The average Bonchev–Trinajstić information content (AvgIpc) is 3.17. The lowest BCUT2D eigenvalue weighted by atomic mass is 10.2. The van der Waals surface area contributed by atoms with Crippen molar-refractivity contribution in [1.29, 1.82) is 0 Å². The third kappa shape index (κ3) is 3.25. The van der Waals surface area contributed by atoms with E-state index in [0.717, 1.165) is 0 Å². The molecule has 0 saturated heterocycles. The van der Waals surface area contributed by atoms with Crippen LogP contribution in [0.3, 0.4) is 0 Å². The van der Waals surface area contributed by atoms with E-state index in [1.54, 1.807) is 42.5 Å². The van der Waals surface area contributed by atoms with E-state index < -0.39 is 4.92 Å². The molecule has 4 aromatic rings. The summed E-state index contributed by atoms with van der Waals surface area (Å²) in [5.74, 6) is 0.980. The Kier molecular flexibility index (Phi) is 4.61. The summed E-state index contributed by atoms with van der Waals surface area (Å²) < 4.78 is 11.8. The van der Waals surface area contributed by atoms with Gasteiger partial charge in [0.1, 0.15) is 23.3 Å². The number of anilines is 2. The second-order valence-electron chi connectivity index (χ2n) is 5.83. The highest BCUT2D eigenvalue weighted by Gasteiger charge is 2.27. The lowest BCUT2D eigenvalue weighted by molar-refractivity contribution is -0.384. The minimum atomic E-state index is -0.569. The lowest BCUT2D eigenvalue weighted by Crippen LogP contribution is -2.09. The molecule has 0 fully saturated rings. The Labute approximate surface area is 164 Å². The van der Waals surface area contributed by atoms with E-state index in [1.165, 1.54) is 25.2 Å². The maximum Gasteiger partial charge on any atom is 0.356 e. The Balaban J connectivity index is 1.86. The summed E-state index contributed by atoms with van der Waals surface area (Å²) >= 11 is 0. The first kappa shape index (κ1) is 18.1. The Morgan fingerprint density at radius 1 is 1.10 bits per heavy atom. The molecule has 2 heterocycles. The van der Waals surface area contributed by atoms with E-state index >= 15 is 0 Å². The van der Waals surface area contributed by atoms with E-state index in [4.69, 9.17) is 9.47 Å². The molecule has 0 atom stereocenters. The number of ether oxygens (including phenoxy) is 2. The Hall–Kier alpha value is -4.28. The number of hydrogen-bond donors (Lipinski definition) is 1. The first-order chi connectivity index (χ1) is 14.1. The number of aromatic nitrogens is 5. The van der Waals surface area contributed by atoms with Crippen molar-refractivity contribution in [1.82, 2.24) is 25.0 Å². The summed E-state index contributed by atoms with van der Waals surface area (Å²) in [5.41, 5.74) is 1.26. The lowest BCUT2D eigenvalue weighted by Gasteiger charge is -2.13. The molecule has 0 bridgehead atoms. The Morgan fingerprint density at radius 2 is 1.93 bits per heavy atom. The van der Waals surface area contributed by atoms with Crippen molar-refractivity contribution in [3.63, 3.8) is 0 Å². The normalized spacial score (nSPS) is 10.7. The zero-order chi connectivity index (χ0) is 20.4. The standard InChI is InChI=1S/C18H15N7O4/c1-28-11-7-8-15(29-2)13(9-11)21-17-16(25(26)27)18(20-10-19-17)24-14-6-4-3-5-12(14)22-23-24/h3-10H,1-2H3,(H,19,20,21). The fourth-order valence-electron chi connectivity index (χ4n) is 2.85. The van der Waals surface area contributed by atoms with Crippen molar-refractivity contribution in [2.24, 2.45) is 0 Å². The number of nitro groups is 1. The molecule has 1 N–H and O–H groups in total. The van der Waals surface area contributed by atoms with Crippen molar-refractivity contribution in [2.45, 2.75) is 0 Å². The summed E-state index contributed by atoms with van der Waals surface area (Å²) in [5, 5.41) is 22.9. The summed E-state index contributed by atoms with van der Waals surface area (Å²) in [6.45, 7) is 0. The maximum absolute atomic E-state index is 11.9. The highest BCUT2D eigenvalue weighted by Crippen LogP contribution is 2.35. The van der Waals surface area contributed by atoms with Gasteiger partial charge in [-0.3, -0.25) is 10.1 Å². The Bertz CT molecular complexity index is 1210. The monoisotopic (exact) mass is 393 g/mol. The molecule has 11 heteroatoms. The van der Waals surface area contributed by atoms with Crippen LogP contribution in [0, 0.1) is 10.1 Å². The van der Waals surface area contributed by atoms with E-state index in [1.807, 2.05) is 0 Å². The first-order valence-electron chi connectivity index (χ1n) is 8.41. The summed E-state index contributed by atoms with van der Waals surface area (Å²) in [4.78, 5) is 19.5. The van der Waals surface area contributed by atoms with Crippen molar-refractivity contribution in [3.8, 4) is 17.3 Å². The molecule has 0 amide bonds. The van der Waals surface area contributed by atoms with Crippen LogP contribution in [0.5, 0.6) is 11.5 Å². The highest BCUT2D eigenvalue weighted by atomic mass is 16.6. The van der Waals surface area contributed by atoms with Gasteiger partial charge < -0.3 is 14.8 Å². The topological polar surface area (TPSA) is 130 Å². The molecule has 0 radical (unpaired) electrons. The second-order valence-corrected chi connectivity index (χ2v) is 5.83. The molecule has 146 valence electrons. The summed E-state index contributed by atoms with van der Waals surface area (Å²) in [7, 11) is 3.01. The number of hydrogen-bond acceptors (Lipinski definition) is 9. The number of methoxy groups -OCH3 is 2. The van der Waals surface area contributed by atoms with E-state index in [2.05, 4.69) is 25.6 Å². The fourth-order valence-corrected chi connectivity index (χ4v) is 2.85. The van der Waals surface area contributed by atoms with Gasteiger partial charge in [0.05, 0.1) is 30.3 Å². The highest BCUT2D eigenvalue weighted by molar-refractivity contribution is 5.79. The number of para-hydroxylation sites is 1. The average molecular weight is 393 g/mol. The zero-order valence-corrected chi connectivity index (χ0v) is 15.4. The van der Waals surface area contributed by atoms with Crippen molar-refractivity contribution < 1.29 is 14.4 Å². The number of rotatable bonds is 6. The molecule has 2 aromatic heterocycles. The van der Waals surface area contributed by atoms with Crippen LogP contribution in [-0.4, -0.2) is 44.1 Å². The predicted octanol–water partition coefficient (Wildman–Crippen LogP) is 2.88. The van der Waals surface area contributed by atoms with Gasteiger partial charge in [0.2, 0.25) is 11.6 Å². The zero-order valence-electron chi connectivity index (χ0n) is 15.4. The van der Waals surface area contributed by atoms with Crippen LogP contribution in [0.4, 0.5) is 17.2 Å². The van der Waals surface area contributed by atoms with Crippen LogP contribution >= 0.6 is 0 Å². The van der Waals surface area contributed by atoms with Gasteiger partial charge in [-0.2, -0.15) is 4.68 Å². The largest absolute Gasteiger partial charge is 0.497 e. The second kappa shape index (κ2) is 7.38. The smallest absolute Gasteiger partial charge is 0.356 e. The minimum absolute atomic E-state index is 0.0111. The van der Waals surface area contributed by atoms with E-state index in [-0.39, 0.29) is 17.3 Å². The molecule has 0 aliphatic rings. The van der Waals surface area contributed by atoms with Crippen LogP contribution in [0.15, 0.2) is 48.8 Å². The number of nitrogens with one attached hydrogen (secondary N) is 1. The molecule has 0 aliphatic heterocycles. The molecule has 0 saturated carbocycles. The Morgan fingerprint density at radius 3 is 2.69 bits per heavy atom. The van der Waals surface area contributed by atoms with Crippen LogP contribution in [0.2, 0.25) is 0 Å². The van der Waals surface area contributed by atoms with Gasteiger partial charge in [0.25, 0.3) is 0 Å². The summed E-state index contributed by atoms with van der Waals surface area (Å²) in [6.07, 6.45) is 1.22. The van der Waals surface area contributed by atoms with Crippen LogP contribution < -0.4 is 14.8 Å². The van der Waals surface area contributed by atoms with Crippen molar-refractivity contribution in [2.75, 3.05) is 19.5 Å². The SMILES string of the molecule is COc1ccc(OC)c(Nc2ncnc(-n3nnc4ccccc43)c2[N+](=O)[O-])c1.